The average Bonchev–Trinajstić information content (AvgIpc) is 3.12. The minimum absolute atomic E-state index is 0.0266. The number of amides is 2. The highest BCUT2D eigenvalue weighted by Gasteiger charge is 2.23. The van der Waals surface area contributed by atoms with E-state index in [-0.39, 0.29) is 42.3 Å². The third-order valence-electron chi connectivity index (χ3n) is 7.68. The molecule has 1 fully saturated rings. The predicted octanol–water partition coefficient (Wildman–Crippen LogP) is 5.76. The number of ketones is 1. The van der Waals surface area contributed by atoms with Gasteiger partial charge in [-0.15, -0.1) is 0 Å². The molecule has 0 atom stereocenters. The molecule has 2 heterocycles. The minimum atomic E-state index is -0.389. The molecular weight excluding hydrogens is 556 g/mol. The molecule has 4 rings (SSSR count). The summed E-state index contributed by atoms with van der Waals surface area (Å²) in [7, 11) is 0. The molecule has 44 heavy (non-hydrogen) atoms. The number of fused-ring (bicyclic) bond motifs is 1. The summed E-state index contributed by atoms with van der Waals surface area (Å²) >= 11 is 0. The van der Waals surface area contributed by atoms with Crippen molar-refractivity contribution in [2.24, 2.45) is 16.1 Å². The number of aromatic nitrogens is 2. The van der Waals surface area contributed by atoms with Crippen molar-refractivity contribution in [1.29, 1.82) is 0 Å². The van der Waals surface area contributed by atoms with E-state index in [1.54, 1.807) is 17.3 Å². The Morgan fingerprint density at radius 2 is 1.84 bits per heavy atom. The lowest BCUT2D eigenvalue weighted by molar-refractivity contribution is -0.127. The number of carbonyl (C=O) groups excluding carboxylic acids is 3. The second kappa shape index (κ2) is 15.1. The van der Waals surface area contributed by atoms with Gasteiger partial charge in [-0.3, -0.25) is 9.59 Å². The summed E-state index contributed by atoms with van der Waals surface area (Å²) in [5, 5.41) is 2.86. The number of rotatable bonds is 13. The zero-order chi connectivity index (χ0) is 31.7. The number of hydrogen-bond acceptors (Lipinski definition) is 8. The van der Waals surface area contributed by atoms with Crippen LogP contribution in [0.25, 0.3) is 17.2 Å². The molecule has 2 aliphatic rings. The van der Waals surface area contributed by atoms with Gasteiger partial charge in [-0.05, 0) is 55.2 Å². The van der Waals surface area contributed by atoms with Crippen LogP contribution >= 0.6 is 0 Å². The summed E-state index contributed by atoms with van der Waals surface area (Å²) in [5.74, 6) is 1.12. The van der Waals surface area contributed by atoms with Crippen LogP contribution in [0.3, 0.4) is 0 Å². The third-order valence-corrected chi connectivity index (χ3v) is 7.68. The lowest BCUT2D eigenvalue weighted by Gasteiger charge is -2.26. The first-order valence-corrected chi connectivity index (χ1v) is 15.7. The smallest absolute Gasteiger partial charge is 0.407 e. The molecule has 1 aliphatic heterocycles. The SMILES string of the molecule is CCCN(CCCOC(=O)NC1CCC1)C(=O)C1=Cc2ccc(-c3cnc(CCC(=O)CC(C)(C)C)nc3)cc2N=C(N)C1. The van der Waals surface area contributed by atoms with Crippen LogP contribution in [-0.4, -0.2) is 64.2 Å². The minimum Gasteiger partial charge on any atom is -0.449 e. The molecule has 1 aliphatic carbocycles. The molecule has 0 saturated heterocycles. The van der Waals surface area contributed by atoms with Gasteiger partial charge >= 0.3 is 6.09 Å². The zero-order valence-electron chi connectivity index (χ0n) is 26.5. The predicted molar refractivity (Wildman–Crippen MR) is 172 cm³/mol. The van der Waals surface area contributed by atoms with Crippen molar-refractivity contribution in [1.82, 2.24) is 20.2 Å². The van der Waals surface area contributed by atoms with Gasteiger partial charge in [0.05, 0.1) is 12.3 Å². The van der Waals surface area contributed by atoms with Crippen molar-refractivity contribution in [2.75, 3.05) is 19.7 Å². The van der Waals surface area contributed by atoms with Crippen LogP contribution in [0.15, 0.2) is 41.2 Å². The van der Waals surface area contributed by atoms with Crippen LogP contribution in [0.2, 0.25) is 0 Å². The van der Waals surface area contributed by atoms with E-state index >= 15 is 0 Å². The van der Waals surface area contributed by atoms with Gasteiger partial charge in [-0.1, -0.05) is 39.8 Å². The maximum absolute atomic E-state index is 13.6. The Morgan fingerprint density at radius 1 is 1.09 bits per heavy atom. The van der Waals surface area contributed by atoms with Gasteiger partial charge in [0.2, 0.25) is 5.91 Å². The molecule has 0 unspecified atom stereocenters. The van der Waals surface area contributed by atoms with Crippen LogP contribution < -0.4 is 11.1 Å². The van der Waals surface area contributed by atoms with Crippen molar-refractivity contribution in [3.63, 3.8) is 0 Å². The van der Waals surface area contributed by atoms with E-state index in [4.69, 9.17) is 10.5 Å². The Kier molecular flexibility index (Phi) is 11.3. The van der Waals surface area contributed by atoms with Gasteiger partial charge in [-0.25, -0.2) is 19.8 Å². The van der Waals surface area contributed by atoms with Crippen LogP contribution in [0.4, 0.5) is 10.5 Å². The van der Waals surface area contributed by atoms with Crippen molar-refractivity contribution in [3.05, 3.63) is 47.6 Å². The topological polar surface area (TPSA) is 140 Å². The molecule has 1 aromatic carbocycles. The van der Waals surface area contributed by atoms with Crippen molar-refractivity contribution >= 4 is 35.4 Å². The number of aliphatic imine (C=N–C) groups is 1. The summed E-state index contributed by atoms with van der Waals surface area (Å²) in [4.78, 5) is 53.1. The summed E-state index contributed by atoms with van der Waals surface area (Å²) in [5.41, 5.74) is 10.0. The summed E-state index contributed by atoms with van der Waals surface area (Å²) in [6, 6.07) is 6.04. The van der Waals surface area contributed by atoms with E-state index in [0.717, 1.165) is 42.4 Å². The van der Waals surface area contributed by atoms with Crippen molar-refractivity contribution < 1.29 is 19.1 Å². The van der Waals surface area contributed by atoms with Crippen molar-refractivity contribution in [2.45, 2.75) is 91.5 Å². The van der Waals surface area contributed by atoms with Crippen molar-refractivity contribution in [3.8, 4) is 11.1 Å². The molecule has 10 nitrogen and oxygen atoms in total. The largest absolute Gasteiger partial charge is 0.449 e. The highest BCUT2D eigenvalue weighted by molar-refractivity contribution is 6.05. The number of nitrogens with two attached hydrogens (primary N) is 1. The van der Waals surface area contributed by atoms with E-state index in [1.807, 2.05) is 31.2 Å². The van der Waals surface area contributed by atoms with Gasteiger partial charge in [0, 0.05) is 73.9 Å². The maximum atomic E-state index is 13.6. The highest BCUT2D eigenvalue weighted by Crippen LogP contribution is 2.32. The number of Topliss-reactive ketones (excluding diaryl/α,β-unsaturated/α-hetero) is 1. The molecule has 236 valence electrons. The first-order valence-electron chi connectivity index (χ1n) is 15.7. The second-order valence-corrected chi connectivity index (χ2v) is 12.9. The molecule has 0 radical (unpaired) electrons. The monoisotopic (exact) mass is 602 g/mol. The number of hydrogen-bond donors (Lipinski definition) is 2. The number of aryl methyl sites for hydroxylation is 1. The standard InChI is InChI=1S/C34H46N6O4/c1-5-14-40(15-7-16-44-33(43)38-27-8-6-9-27)32(42)25-17-24-11-10-23(18-29(24)39-30(35)19-25)26-21-36-31(37-22-26)13-12-28(41)20-34(2,3)4/h10-11,17-18,21-22,27H,5-9,12-16,19-20H2,1-4H3,(H2,35,39)(H,38,43). The summed E-state index contributed by atoms with van der Waals surface area (Å²) < 4.78 is 5.31. The Hall–Kier alpha value is -4.08. The summed E-state index contributed by atoms with van der Waals surface area (Å²) in [6.45, 7) is 9.52. The molecule has 2 amide bonds. The Morgan fingerprint density at radius 3 is 2.50 bits per heavy atom. The summed E-state index contributed by atoms with van der Waals surface area (Å²) in [6.07, 6.45) is 11.2. The van der Waals surface area contributed by atoms with Gasteiger partial charge in [-0.2, -0.15) is 0 Å². The van der Waals surface area contributed by atoms with E-state index in [2.05, 4.69) is 41.0 Å². The highest BCUT2D eigenvalue weighted by atomic mass is 16.5. The molecule has 1 saturated carbocycles. The number of alkyl carbamates (subject to hydrolysis) is 1. The molecule has 10 heteroatoms. The van der Waals surface area contributed by atoms with Gasteiger partial charge in [0.15, 0.2) is 0 Å². The van der Waals surface area contributed by atoms with E-state index in [1.165, 1.54) is 0 Å². The molecular formula is C34H46N6O4. The number of benzene rings is 1. The Labute approximate surface area is 260 Å². The van der Waals surface area contributed by atoms with Crippen LogP contribution in [0.5, 0.6) is 0 Å². The normalized spacial score (nSPS) is 14.8. The maximum Gasteiger partial charge on any atom is 0.407 e. The quantitative estimate of drug-likeness (QED) is 0.278. The number of carbonyl (C=O) groups is 3. The fraction of sp³-hybridized carbons (Fsp3) is 0.529. The van der Waals surface area contributed by atoms with Gasteiger partial charge in [0.1, 0.15) is 17.4 Å². The molecule has 3 N–H and O–H groups in total. The van der Waals surface area contributed by atoms with Crippen LogP contribution in [-0.2, 0) is 20.7 Å². The van der Waals surface area contributed by atoms with E-state index in [0.29, 0.717) is 61.7 Å². The number of ether oxygens (including phenoxy) is 1. The average molecular weight is 603 g/mol. The van der Waals surface area contributed by atoms with E-state index in [9.17, 15) is 14.4 Å². The Balaban J connectivity index is 1.38. The molecule has 1 aromatic heterocycles. The first kappa shape index (κ1) is 32.8. The van der Waals surface area contributed by atoms with Gasteiger partial charge in [0.25, 0.3) is 0 Å². The first-order chi connectivity index (χ1) is 21.0. The third kappa shape index (κ3) is 9.72. The van der Waals surface area contributed by atoms with Gasteiger partial charge < -0.3 is 20.7 Å². The molecule has 2 aromatic rings. The lowest BCUT2D eigenvalue weighted by Crippen LogP contribution is -2.40. The molecule has 0 spiro atoms. The fourth-order valence-corrected chi connectivity index (χ4v) is 5.24. The number of amidine groups is 1. The van der Waals surface area contributed by atoms with Crippen LogP contribution in [0, 0.1) is 5.41 Å². The fourth-order valence-electron chi connectivity index (χ4n) is 5.24. The number of nitrogens with one attached hydrogen (secondary N) is 1. The number of nitrogens with zero attached hydrogens (tertiary/aromatic N) is 4. The molecule has 0 bridgehead atoms. The zero-order valence-corrected chi connectivity index (χ0v) is 26.5. The van der Waals surface area contributed by atoms with Crippen LogP contribution in [0.1, 0.15) is 90.4 Å². The second-order valence-electron chi connectivity index (χ2n) is 12.9. The van der Waals surface area contributed by atoms with E-state index < -0.39 is 0 Å². The Bertz CT molecular complexity index is 1390. The lowest BCUT2D eigenvalue weighted by atomic mass is 9.89.